The number of carboxylic acids is 1. The van der Waals surface area contributed by atoms with E-state index in [9.17, 15) is 9.59 Å². The molecule has 4 nitrogen and oxygen atoms in total. The second-order valence-corrected chi connectivity index (χ2v) is 8.56. The summed E-state index contributed by atoms with van der Waals surface area (Å²) in [5.41, 5.74) is -0.204. The maximum atomic E-state index is 11.3. The van der Waals surface area contributed by atoms with Crippen molar-refractivity contribution in [2.45, 2.75) is 93.4 Å². The topological polar surface area (TPSA) is 63.6 Å². The third-order valence-electron chi connectivity index (χ3n) is 3.87. The van der Waals surface area contributed by atoms with Crippen molar-refractivity contribution >= 4 is 11.9 Å². The van der Waals surface area contributed by atoms with Crippen LogP contribution in [0.4, 0.5) is 0 Å². The molecular formula is C20H40O4. The van der Waals surface area contributed by atoms with Gasteiger partial charge in [0, 0.05) is 0 Å². The highest BCUT2D eigenvalue weighted by Gasteiger charge is 2.33. The van der Waals surface area contributed by atoms with Gasteiger partial charge in [0.2, 0.25) is 0 Å². The normalized spacial score (nSPS) is 12.8. The molecule has 1 unspecified atom stereocenters. The maximum absolute atomic E-state index is 11.3. The summed E-state index contributed by atoms with van der Waals surface area (Å²) in [4.78, 5) is 21.7. The SMILES string of the molecule is CCCCCCCC(C)C(=O)O.COC(=O)C(C)(C)CC(C)(C)C. The Bertz CT molecular complexity index is 353. The number of rotatable bonds is 9. The average Bonchev–Trinajstić information content (AvgIpc) is 2.43. The zero-order valence-electron chi connectivity index (χ0n) is 17.2. The Morgan fingerprint density at radius 3 is 1.88 bits per heavy atom. The maximum Gasteiger partial charge on any atom is 0.311 e. The van der Waals surface area contributed by atoms with Crippen LogP contribution >= 0.6 is 0 Å². The molecule has 0 aromatic heterocycles. The smallest absolute Gasteiger partial charge is 0.311 e. The molecule has 4 heteroatoms. The second-order valence-electron chi connectivity index (χ2n) is 8.56. The lowest BCUT2D eigenvalue weighted by molar-refractivity contribution is -0.152. The molecule has 0 saturated heterocycles. The summed E-state index contributed by atoms with van der Waals surface area (Å²) in [5.74, 6) is -0.949. The van der Waals surface area contributed by atoms with Gasteiger partial charge in [0.05, 0.1) is 18.4 Å². The van der Waals surface area contributed by atoms with Crippen LogP contribution in [0.15, 0.2) is 0 Å². The first-order valence-corrected chi connectivity index (χ1v) is 9.18. The van der Waals surface area contributed by atoms with Gasteiger partial charge in [0.25, 0.3) is 0 Å². The number of hydrogen-bond donors (Lipinski definition) is 1. The number of carbonyl (C=O) groups excluding carboxylic acids is 1. The van der Waals surface area contributed by atoms with Gasteiger partial charge in [0.1, 0.15) is 0 Å². The quantitative estimate of drug-likeness (QED) is 0.431. The van der Waals surface area contributed by atoms with Crippen LogP contribution in [0.1, 0.15) is 93.4 Å². The summed E-state index contributed by atoms with van der Waals surface area (Å²) in [6.45, 7) is 14.2. The van der Waals surface area contributed by atoms with Gasteiger partial charge in [-0.1, -0.05) is 66.7 Å². The molecule has 0 fully saturated rings. The molecular weight excluding hydrogens is 304 g/mol. The molecule has 0 bridgehead atoms. The molecule has 0 aromatic rings. The van der Waals surface area contributed by atoms with E-state index in [1.54, 1.807) is 6.92 Å². The van der Waals surface area contributed by atoms with E-state index >= 15 is 0 Å². The highest BCUT2D eigenvalue weighted by Crippen LogP contribution is 2.33. The molecule has 144 valence electrons. The van der Waals surface area contributed by atoms with Crippen molar-refractivity contribution < 1.29 is 19.4 Å². The fraction of sp³-hybridized carbons (Fsp3) is 0.900. The minimum absolute atomic E-state index is 0.127. The summed E-state index contributed by atoms with van der Waals surface area (Å²) in [7, 11) is 1.44. The highest BCUT2D eigenvalue weighted by molar-refractivity contribution is 5.75. The molecule has 0 aromatic carbocycles. The van der Waals surface area contributed by atoms with Crippen molar-refractivity contribution in [3.05, 3.63) is 0 Å². The molecule has 0 aliphatic rings. The first kappa shape index (κ1) is 25.2. The van der Waals surface area contributed by atoms with Crippen LogP contribution in [0.3, 0.4) is 0 Å². The Morgan fingerprint density at radius 2 is 1.50 bits per heavy atom. The largest absolute Gasteiger partial charge is 0.481 e. The third-order valence-corrected chi connectivity index (χ3v) is 3.87. The molecule has 1 atom stereocenters. The number of unbranched alkanes of at least 4 members (excludes halogenated alkanes) is 4. The van der Waals surface area contributed by atoms with Gasteiger partial charge in [-0.05, 0) is 32.1 Å². The van der Waals surface area contributed by atoms with Gasteiger partial charge in [-0.25, -0.2) is 0 Å². The fourth-order valence-electron chi connectivity index (χ4n) is 2.85. The fourth-order valence-corrected chi connectivity index (χ4v) is 2.85. The standard InChI is InChI=1S/2C10H20O2/c1-9(2,3)7-10(4,5)8(11)12-6;1-3-4-5-6-7-8-9(2)10(11)12/h7H2,1-6H3;9H,3-8H2,1-2H3,(H,11,12). The second kappa shape index (κ2) is 12.3. The van der Waals surface area contributed by atoms with E-state index in [1.165, 1.54) is 32.8 Å². The number of carboxylic acid groups (broad SMARTS) is 1. The monoisotopic (exact) mass is 344 g/mol. The molecule has 0 heterocycles. The van der Waals surface area contributed by atoms with E-state index < -0.39 is 5.97 Å². The Balaban J connectivity index is 0. The predicted molar refractivity (Wildman–Crippen MR) is 100 cm³/mol. The lowest BCUT2D eigenvalue weighted by Crippen LogP contribution is -2.30. The van der Waals surface area contributed by atoms with Crippen LogP contribution in [0.5, 0.6) is 0 Å². The number of esters is 1. The van der Waals surface area contributed by atoms with Crippen molar-refractivity contribution in [1.82, 2.24) is 0 Å². The molecule has 0 saturated carbocycles. The van der Waals surface area contributed by atoms with E-state index in [0.717, 1.165) is 19.3 Å². The van der Waals surface area contributed by atoms with Crippen LogP contribution in [0.25, 0.3) is 0 Å². The molecule has 1 N–H and O–H groups in total. The van der Waals surface area contributed by atoms with Crippen LogP contribution in [-0.2, 0) is 14.3 Å². The van der Waals surface area contributed by atoms with Crippen molar-refractivity contribution in [2.75, 3.05) is 7.11 Å². The van der Waals surface area contributed by atoms with E-state index in [2.05, 4.69) is 27.7 Å². The van der Waals surface area contributed by atoms with Gasteiger partial charge in [-0.15, -0.1) is 0 Å². The Hall–Kier alpha value is -1.06. The van der Waals surface area contributed by atoms with Gasteiger partial charge >= 0.3 is 11.9 Å². The number of hydrogen-bond acceptors (Lipinski definition) is 3. The zero-order chi connectivity index (χ0) is 19.4. The summed E-state index contributed by atoms with van der Waals surface area (Å²) < 4.78 is 4.72. The van der Waals surface area contributed by atoms with Crippen molar-refractivity contribution in [2.24, 2.45) is 16.7 Å². The van der Waals surface area contributed by atoms with E-state index in [0.29, 0.717) is 0 Å². The van der Waals surface area contributed by atoms with Crippen LogP contribution in [0.2, 0.25) is 0 Å². The van der Waals surface area contributed by atoms with E-state index in [-0.39, 0.29) is 22.7 Å². The summed E-state index contributed by atoms with van der Waals surface area (Å²) >= 11 is 0. The number of ether oxygens (including phenoxy) is 1. The first-order chi connectivity index (χ1) is 10.9. The zero-order valence-corrected chi connectivity index (χ0v) is 17.2. The minimum Gasteiger partial charge on any atom is -0.481 e. The van der Waals surface area contributed by atoms with Crippen molar-refractivity contribution in [3.8, 4) is 0 Å². The van der Waals surface area contributed by atoms with Crippen LogP contribution < -0.4 is 0 Å². The van der Waals surface area contributed by atoms with Crippen molar-refractivity contribution in [1.29, 1.82) is 0 Å². The van der Waals surface area contributed by atoms with Gasteiger partial charge in [-0.2, -0.15) is 0 Å². The molecule has 0 amide bonds. The van der Waals surface area contributed by atoms with Crippen molar-refractivity contribution in [3.63, 3.8) is 0 Å². The molecule has 0 rings (SSSR count). The number of carbonyl (C=O) groups is 2. The molecule has 0 spiro atoms. The predicted octanol–water partition coefficient (Wildman–Crippen LogP) is 5.69. The van der Waals surface area contributed by atoms with Gasteiger partial charge in [0.15, 0.2) is 0 Å². The highest BCUT2D eigenvalue weighted by atomic mass is 16.5. The molecule has 0 aliphatic heterocycles. The Morgan fingerprint density at radius 1 is 1.00 bits per heavy atom. The van der Waals surface area contributed by atoms with E-state index in [1.807, 2.05) is 13.8 Å². The number of aliphatic carboxylic acids is 1. The molecule has 24 heavy (non-hydrogen) atoms. The lowest BCUT2D eigenvalue weighted by atomic mass is 9.76. The van der Waals surface area contributed by atoms with Gasteiger partial charge in [-0.3, -0.25) is 9.59 Å². The summed E-state index contributed by atoms with van der Waals surface area (Å²) in [5, 5.41) is 8.58. The van der Waals surface area contributed by atoms with Crippen LogP contribution in [0, 0.1) is 16.7 Å². The molecule has 0 radical (unpaired) electrons. The third kappa shape index (κ3) is 14.5. The summed E-state index contributed by atoms with van der Waals surface area (Å²) in [6.07, 6.45) is 7.70. The number of methoxy groups -OCH3 is 1. The first-order valence-electron chi connectivity index (χ1n) is 9.18. The summed E-state index contributed by atoms with van der Waals surface area (Å²) in [6, 6.07) is 0. The van der Waals surface area contributed by atoms with Crippen LogP contribution in [-0.4, -0.2) is 24.2 Å². The average molecular weight is 345 g/mol. The van der Waals surface area contributed by atoms with E-state index in [4.69, 9.17) is 9.84 Å². The lowest BCUT2D eigenvalue weighted by Gasteiger charge is -2.29. The molecule has 0 aliphatic carbocycles. The minimum atomic E-state index is -0.662. The Kier molecular flexibility index (Phi) is 12.9. The Labute approximate surface area is 149 Å². The van der Waals surface area contributed by atoms with Gasteiger partial charge < -0.3 is 9.84 Å².